The molecule has 164 valence electrons. The summed E-state index contributed by atoms with van der Waals surface area (Å²) < 4.78 is 11.2. The molecule has 0 aliphatic carbocycles. The minimum atomic E-state index is -0.878. The average Bonchev–Trinajstić information content (AvgIpc) is 2.66. The van der Waals surface area contributed by atoms with Crippen molar-refractivity contribution < 1.29 is 34.5 Å². The highest BCUT2D eigenvalue weighted by Crippen LogP contribution is 2.21. The predicted molar refractivity (Wildman–Crippen MR) is 100 cm³/mol. The van der Waals surface area contributed by atoms with E-state index in [4.69, 9.17) is 14.7 Å². The molecule has 0 spiro atoms. The molecule has 10 nitrogen and oxygen atoms in total. The molecule has 1 aliphatic rings. The zero-order valence-electron chi connectivity index (χ0n) is 16.6. The van der Waals surface area contributed by atoms with Crippen molar-refractivity contribution in [2.75, 3.05) is 26.3 Å². The Hall–Kier alpha value is -1.30. The van der Waals surface area contributed by atoms with Crippen LogP contribution in [0.1, 0.15) is 51.9 Å². The van der Waals surface area contributed by atoms with Gasteiger partial charge in [0.15, 0.2) is 6.29 Å². The van der Waals surface area contributed by atoms with Gasteiger partial charge in [-0.25, -0.2) is 5.48 Å². The maximum absolute atomic E-state index is 11.8. The number of aliphatic hydroxyl groups excluding tert-OH is 2. The van der Waals surface area contributed by atoms with E-state index in [0.717, 1.165) is 25.7 Å². The Labute approximate surface area is 165 Å². The first-order chi connectivity index (χ1) is 13.5. The molecule has 1 aliphatic heterocycles. The molecular weight excluding hydrogens is 370 g/mol. The number of aliphatic hydroxyl groups is 2. The van der Waals surface area contributed by atoms with Crippen molar-refractivity contribution in [1.82, 2.24) is 16.1 Å². The summed E-state index contributed by atoms with van der Waals surface area (Å²) in [7, 11) is 0. The van der Waals surface area contributed by atoms with Gasteiger partial charge in [0.25, 0.3) is 0 Å². The van der Waals surface area contributed by atoms with E-state index in [-0.39, 0.29) is 31.4 Å². The van der Waals surface area contributed by atoms with Crippen LogP contribution in [0.15, 0.2) is 0 Å². The molecule has 0 bridgehead atoms. The lowest BCUT2D eigenvalue weighted by atomic mass is 10.0. The number of hydroxylamine groups is 1. The number of carbonyl (C=O) groups is 2. The van der Waals surface area contributed by atoms with Crippen LogP contribution in [-0.2, 0) is 19.1 Å². The molecule has 0 saturated carbocycles. The molecule has 1 saturated heterocycles. The van der Waals surface area contributed by atoms with Crippen LogP contribution in [0.2, 0.25) is 0 Å². The van der Waals surface area contributed by atoms with E-state index in [1.807, 2.05) is 0 Å². The van der Waals surface area contributed by atoms with Crippen molar-refractivity contribution in [2.45, 2.75) is 76.4 Å². The first-order valence-electron chi connectivity index (χ1n) is 9.94. The van der Waals surface area contributed by atoms with Gasteiger partial charge in [-0.1, -0.05) is 12.8 Å². The van der Waals surface area contributed by atoms with Crippen molar-refractivity contribution >= 4 is 11.8 Å². The van der Waals surface area contributed by atoms with Gasteiger partial charge in [-0.05, 0) is 19.3 Å². The Balaban J connectivity index is 2.21. The van der Waals surface area contributed by atoms with E-state index in [2.05, 4.69) is 16.1 Å². The van der Waals surface area contributed by atoms with Gasteiger partial charge in [-0.2, -0.15) is 0 Å². The molecule has 0 radical (unpaired) electrons. The minimum Gasteiger partial charge on any atom is -0.394 e. The molecule has 0 aromatic heterocycles. The monoisotopic (exact) mass is 405 g/mol. The maximum atomic E-state index is 11.8. The van der Waals surface area contributed by atoms with Crippen molar-refractivity contribution in [1.29, 1.82) is 0 Å². The number of nitrogens with one attached hydrogen (secondary N) is 3. The largest absolute Gasteiger partial charge is 0.394 e. The molecule has 2 amide bonds. The molecular formula is C18H35N3O7. The Morgan fingerprint density at radius 3 is 2.50 bits per heavy atom. The van der Waals surface area contributed by atoms with Crippen LogP contribution in [0.5, 0.6) is 0 Å². The maximum Gasteiger partial charge on any atom is 0.220 e. The van der Waals surface area contributed by atoms with Gasteiger partial charge in [-0.15, -0.1) is 0 Å². The van der Waals surface area contributed by atoms with Crippen LogP contribution in [-0.4, -0.2) is 78.1 Å². The Kier molecular flexibility index (Phi) is 13.0. The lowest BCUT2D eigenvalue weighted by molar-refractivity contribution is -0.237. The quantitative estimate of drug-likeness (QED) is 0.166. The minimum absolute atomic E-state index is 0.0585. The SMILES string of the molecule is CC(=O)NC1C(O)CC(CO)OC1OCCCC(=O)NCCCCCCNO. The third-order valence-electron chi connectivity index (χ3n) is 4.48. The third-order valence-corrected chi connectivity index (χ3v) is 4.48. The van der Waals surface area contributed by atoms with Gasteiger partial charge >= 0.3 is 0 Å². The average molecular weight is 405 g/mol. The van der Waals surface area contributed by atoms with E-state index >= 15 is 0 Å². The van der Waals surface area contributed by atoms with Gasteiger partial charge in [0.2, 0.25) is 11.8 Å². The van der Waals surface area contributed by atoms with Gasteiger partial charge in [-0.3, -0.25) is 9.59 Å². The second-order valence-electron chi connectivity index (χ2n) is 6.99. The molecule has 1 rings (SSSR count). The van der Waals surface area contributed by atoms with Crippen LogP contribution in [0, 0.1) is 0 Å². The Bertz CT molecular complexity index is 453. The molecule has 10 heteroatoms. The number of unbranched alkanes of at least 4 members (excludes halogenated alkanes) is 3. The highest BCUT2D eigenvalue weighted by molar-refractivity contribution is 5.75. The highest BCUT2D eigenvalue weighted by Gasteiger charge is 2.38. The summed E-state index contributed by atoms with van der Waals surface area (Å²) in [5.41, 5.74) is 2.11. The number of hydrogen-bond donors (Lipinski definition) is 6. The van der Waals surface area contributed by atoms with Gasteiger partial charge in [0.1, 0.15) is 6.04 Å². The van der Waals surface area contributed by atoms with Gasteiger partial charge < -0.3 is 35.5 Å². The third kappa shape index (κ3) is 10.3. The fraction of sp³-hybridized carbons (Fsp3) is 0.889. The lowest BCUT2D eigenvalue weighted by Crippen LogP contribution is -2.58. The van der Waals surface area contributed by atoms with E-state index in [0.29, 0.717) is 25.9 Å². The number of carbonyl (C=O) groups excluding carboxylic acids is 2. The van der Waals surface area contributed by atoms with E-state index in [1.54, 1.807) is 0 Å². The first-order valence-corrected chi connectivity index (χ1v) is 9.94. The molecule has 28 heavy (non-hydrogen) atoms. The highest BCUT2D eigenvalue weighted by atomic mass is 16.7. The molecule has 4 atom stereocenters. The smallest absolute Gasteiger partial charge is 0.220 e. The summed E-state index contributed by atoms with van der Waals surface area (Å²) in [5, 5.41) is 33.3. The lowest BCUT2D eigenvalue weighted by Gasteiger charge is -2.39. The number of amides is 2. The zero-order chi connectivity index (χ0) is 20.8. The number of hydrogen-bond acceptors (Lipinski definition) is 8. The predicted octanol–water partition coefficient (Wildman–Crippen LogP) is -0.588. The topological polar surface area (TPSA) is 149 Å². The van der Waals surface area contributed by atoms with Gasteiger partial charge in [0, 0.05) is 32.9 Å². The second kappa shape index (κ2) is 14.7. The zero-order valence-corrected chi connectivity index (χ0v) is 16.6. The van der Waals surface area contributed by atoms with Gasteiger partial charge in [0.05, 0.1) is 25.4 Å². The van der Waals surface area contributed by atoms with E-state index < -0.39 is 24.5 Å². The van der Waals surface area contributed by atoms with Crippen LogP contribution >= 0.6 is 0 Å². The molecule has 4 unspecified atom stereocenters. The second-order valence-corrected chi connectivity index (χ2v) is 6.99. The summed E-state index contributed by atoms with van der Waals surface area (Å²) >= 11 is 0. The molecule has 1 heterocycles. The van der Waals surface area contributed by atoms with Crippen molar-refractivity contribution in [3.05, 3.63) is 0 Å². The fourth-order valence-electron chi connectivity index (χ4n) is 3.02. The van der Waals surface area contributed by atoms with Crippen molar-refractivity contribution in [3.8, 4) is 0 Å². The van der Waals surface area contributed by atoms with E-state index in [1.165, 1.54) is 6.92 Å². The normalized spacial score (nSPS) is 24.7. The summed E-state index contributed by atoms with van der Waals surface area (Å²) in [4.78, 5) is 23.1. The Morgan fingerprint density at radius 2 is 1.86 bits per heavy atom. The van der Waals surface area contributed by atoms with Crippen molar-refractivity contribution in [3.63, 3.8) is 0 Å². The summed E-state index contributed by atoms with van der Waals surface area (Å²) in [6, 6.07) is -0.713. The molecule has 0 aromatic carbocycles. The molecule has 1 fully saturated rings. The number of rotatable bonds is 14. The van der Waals surface area contributed by atoms with Crippen molar-refractivity contribution in [2.24, 2.45) is 0 Å². The summed E-state index contributed by atoms with van der Waals surface area (Å²) in [6.07, 6.45) is 2.45. The molecule has 6 N–H and O–H groups in total. The number of ether oxygens (including phenoxy) is 2. The van der Waals surface area contributed by atoms with Crippen LogP contribution in [0.4, 0.5) is 0 Å². The van der Waals surface area contributed by atoms with Crippen LogP contribution in [0.3, 0.4) is 0 Å². The summed E-state index contributed by atoms with van der Waals surface area (Å²) in [5.74, 6) is -0.368. The Morgan fingerprint density at radius 1 is 1.14 bits per heavy atom. The molecule has 0 aromatic rings. The fourth-order valence-corrected chi connectivity index (χ4v) is 3.02. The van der Waals surface area contributed by atoms with Crippen LogP contribution < -0.4 is 16.1 Å². The first kappa shape index (κ1) is 24.7. The van der Waals surface area contributed by atoms with Crippen LogP contribution in [0.25, 0.3) is 0 Å². The standard InChI is InChI=1S/C18H35N3O7/c1-13(23)21-17-15(24)11-14(12-22)28-18(17)27-10-6-7-16(25)19-8-4-2-3-5-9-20-26/h14-15,17-18,20,22,24,26H,2-12H2,1H3,(H,19,25)(H,21,23). The summed E-state index contributed by atoms with van der Waals surface area (Å²) in [6.45, 7) is 2.52. The van der Waals surface area contributed by atoms with E-state index in [9.17, 15) is 19.8 Å².